The third-order valence-electron chi connectivity index (χ3n) is 8.32. The number of fused-ring (bicyclic) bond motifs is 8. The molecule has 5 heteroatoms. The Morgan fingerprint density at radius 3 is 1.59 bits per heavy atom. The first-order valence-electron chi connectivity index (χ1n) is 14.6. The zero-order chi connectivity index (χ0) is 29.0. The predicted molar refractivity (Wildman–Crippen MR) is 183 cm³/mol. The summed E-state index contributed by atoms with van der Waals surface area (Å²) in [5.41, 5.74) is 6.38. The highest BCUT2D eigenvalue weighted by Gasteiger charge is 2.19. The van der Waals surface area contributed by atoms with Gasteiger partial charge in [0, 0.05) is 54.0 Å². The van der Waals surface area contributed by atoms with E-state index < -0.39 is 0 Å². The van der Waals surface area contributed by atoms with E-state index in [2.05, 4.69) is 88.8 Å². The molecule has 44 heavy (non-hydrogen) atoms. The maximum Gasteiger partial charge on any atom is 0.164 e. The van der Waals surface area contributed by atoms with E-state index in [4.69, 9.17) is 15.0 Å². The van der Waals surface area contributed by atoms with Gasteiger partial charge in [-0.05, 0) is 41.8 Å². The van der Waals surface area contributed by atoms with E-state index in [0.717, 1.165) is 22.4 Å². The van der Waals surface area contributed by atoms with Crippen LogP contribution in [0.1, 0.15) is 0 Å². The Balaban J connectivity index is 1.26. The van der Waals surface area contributed by atoms with Crippen LogP contribution in [0, 0.1) is 0 Å². The molecule has 3 aromatic heterocycles. The Morgan fingerprint density at radius 1 is 0.432 bits per heavy atom. The van der Waals surface area contributed by atoms with Crippen LogP contribution in [0.4, 0.5) is 0 Å². The zero-order valence-electron chi connectivity index (χ0n) is 23.6. The lowest BCUT2D eigenvalue weighted by Crippen LogP contribution is -2.00. The van der Waals surface area contributed by atoms with Crippen molar-refractivity contribution in [2.45, 2.75) is 0 Å². The smallest absolute Gasteiger partial charge is 0.164 e. The van der Waals surface area contributed by atoms with Gasteiger partial charge in [0.15, 0.2) is 17.5 Å². The summed E-state index contributed by atoms with van der Waals surface area (Å²) in [6.07, 6.45) is 0. The van der Waals surface area contributed by atoms with Gasteiger partial charge in [0.25, 0.3) is 0 Å². The molecule has 4 nitrogen and oxygen atoms in total. The van der Waals surface area contributed by atoms with E-state index >= 15 is 0 Å². The molecule has 9 rings (SSSR count). The molecule has 6 aromatic carbocycles. The summed E-state index contributed by atoms with van der Waals surface area (Å²) >= 11 is 1.82. The molecule has 0 N–H and O–H groups in total. The monoisotopic (exact) mass is 580 g/mol. The molecule has 0 fully saturated rings. The number of aromatic nitrogens is 4. The van der Waals surface area contributed by atoms with Gasteiger partial charge in [-0.25, -0.2) is 15.0 Å². The summed E-state index contributed by atoms with van der Waals surface area (Å²) < 4.78 is 3.75. The third kappa shape index (κ3) is 3.87. The van der Waals surface area contributed by atoms with Crippen molar-refractivity contribution >= 4 is 54.0 Å². The summed E-state index contributed by atoms with van der Waals surface area (Å²) in [7, 11) is 0. The number of thiophene rings is 1. The van der Waals surface area contributed by atoms with Crippen LogP contribution in [0.3, 0.4) is 0 Å². The Hall–Kier alpha value is -5.65. The normalized spacial score (nSPS) is 11.6. The van der Waals surface area contributed by atoms with Crippen LogP contribution < -0.4 is 0 Å². The second-order valence-electron chi connectivity index (χ2n) is 10.9. The summed E-state index contributed by atoms with van der Waals surface area (Å²) in [5.74, 6) is 1.97. The van der Waals surface area contributed by atoms with E-state index in [-0.39, 0.29) is 0 Å². The SMILES string of the molecule is c1ccc(-c2nc(-c3ccccc3)nc(-c3ccc(-n4c5ccccc5c5c6ccsc6c6ccccc6c54)cc3)n2)cc1. The largest absolute Gasteiger partial charge is 0.309 e. The molecule has 0 aliphatic carbocycles. The average Bonchev–Trinajstić information content (AvgIpc) is 3.73. The zero-order valence-corrected chi connectivity index (χ0v) is 24.4. The Kier molecular flexibility index (Phi) is 5.64. The molecule has 0 saturated heterocycles. The number of para-hydroxylation sites is 1. The summed E-state index contributed by atoms with van der Waals surface area (Å²) in [6.45, 7) is 0. The highest BCUT2D eigenvalue weighted by Crippen LogP contribution is 2.44. The van der Waals surface area contributed by atoms with E-state index in [9.17, 15) is 0 Å². The molecule has 206 valence electrons. The first-order valence-corrected chi connectivity index (χ1v) is 15.5. The molecule has 9 aromatic rings. The Labute approximate surface area is 257 Å². The van der Waals surface area contributed by atoms with E-state index in [1.165, 1.54) is 42.7 Å². The minimum atomic E-state index is 0.650. The lowest BCUT2D eigenvalue weighted by atomic mass is 10.0. The summed E-state index contributed by atoms with van der Waals surface area (Å²) in [4.78, 5) is 14.7. The topological polar surface area (TPSA) is 43.6 Å². The summed E-state index contributed by atoms with van der Waals surface area (Å²) in [6, 6.07) is 48.6. The van der Waals surface area contributed by atoms with Gasteiger partial charge in [0.05, 0.1) is 11.0 Å². The van der Waals surface area contributed by atoms with Crippen molar-refractivity contribution in [3.8, 4) is 39.9 Å². The number of rotatable bonds is 4. The van der Waals surface area contributed by atoms with Crippen molar-refractivity contribution in [2.24, 2.45) is 0 Å². The van der Waals surface area contributed by atoms with Gasteiger partial charge in [0.1, 0.15) is 0 Å². The third-order valence-corrected chi connectivity index (χ3v) is 9.27. The highest BCUT2D eigenvalue weighted by molar-refractivity contribution is 7.18. The Bertz CT molecular complexity index is 2420. The van der Waals surface area contributed by atoms with Gasteiger partial charge in [-0.3, -0.25) is 0 Å². The molecule has 0 aliphatic rings. The van der Waals surface area contributed by atoms with E-state index in [1.807, 2.05) is 72.0 Å². The molecule has 0 bridgehead atoms. The van der Waals surface area contributed by atoms with Crippen LogP contribution in [0.25, 0.3) is 82.5 Å². The molecule has 0 saturated carbocycles. The molecule has 0 amide bonds. The molecule has 0 radical (unpaired) electrons. The van der Waals surface area contributed by atoms with Crippen molar-refractivity contribution < 1.29 is 0 Å². The van der Waals surface area contributed by atoms with Crippen molar-refractivity contribution in [1.82, 2.24) is 19.5 Å². The van der Waals surface area contributed by atoms with Crippen molar-refractivity contribution in [2.75, 3.05) is 0 Å². The van der Waals surface area contributed by atoms with Crippen LogP contribution in [0.2, 0.25) is 0 Å². The maximum atomic E-state index is 4.93. The quantitative estimate of drug-likeness (QED) is 0.208. The highest BCUT2D eigenvalue weighted by atomic mass is 32.1. The fourth-order valence-electron chi connectivity index (χ4n) is 6.34. The molecular weight excluding hydrogens is 557 g/mol. The van der Waals surface area contributed by atoms with Gasteiger partial charge in [-0.1, -0.05) is 103 Å². The van der Waals surface area contributed by atoms with Crippen LogP contribution in [0.15, 0.2) is 145 Å². The first-order chi connectivity index (χ1) is 21.8. The molecular formula is C39H24N4S. The van der Waals surface area contributed by atoms with Crippen LogP contribution in [-0.4, -0.2) is 19.5 Å². The van der Waals surface area contributed by atoms with Gasteiger partial charge >= 0.3 is 0 Å². The van der Waals surface area contributed by atoms with Crippen molar-refractivity contribution in [3.05, 3.63) is 145 Å². The Morgan fingerprint density at radius 2 is 0.955 bits per heavy atom. The minimum absolute atomic E-state index is 0.650. The van der Waals surface area contributed by atoms with E-state index in [1.54, 1.807) is 0 Å². The van der Waals surface area contributed by atoms with Crippen LogP contribution >= 0.6 is 11.3 Å². The van der Waals surface area contributed by atoms with Crippen LogP contribution in [0.5, 0.6) is 0 Å². The number of benzene rings is 6. The van der Waals surface area contributed by atoms with Crippen molar-refractivity contribution in [3.63, 3.8) is 0 Å². The fraction of sp³-hybridized carbons (Fsp3) is 0. The second kappa shape index (κ2) is 9.97. The summed E-state index contributed by atoms with van der Waals surface area (Å²) in [5, 5.41) is 8.63. The molecule has 0 aliphatic heterocycles. The molecule has 0 unspecified atom stereocenters. The van der Waals surface area contributed by atoms with Gasteiger partial charge in [-0.15, -0.1) is 11.3 Å². The van der Waals surface area contributed by atoms with Gasteiger partial charge in [0.2, 0.25) is 0 Å². The predicted octanol–water partition coefficient (Wildman–Crippen LogP) is 10.3. The van der Waals surface area contributed by atoms with Gasteiger partial charge < -0.3 is 4.57 Å². The standard InChI is InChI=1S/C39H24N4S/c1-3-11-25(12-4-1)37-40-38(26-13-5-2-6-14-26)42-39(41-37)27-19-21-28(22-20-27)43-33-18-10-9-17-31(33)34-32-23-24-44-36(32)30-16-8-7-15-29(30)35(34)43/h1-24H. The lowest BCUT2D eigenvalue weighted by molar-refractivity contribution is 1.07. The van der Waals surface area contributed by atoms with Crippen LogP contribution in [-0.2, 0) is 0 Å². The van der Waals surface area contributed by atoms with Crippen molar-refractivity contribution in [1.29, 1.82) is 0 Å². The second-order valence-corrected chi connectivity index (χ2v) is 11.8. The van der Waals surface area contributed by atoms with E-state index in [0.29, 0.717) is 17.5 Å². The maximum absolute atomic E-state index is 4.93. The number of hydrogen-bond donors (Lipinski definition) is 0. The lowest BCUT2D eigenvalue weighted by Gasteiger charge is -2.12. The number of hydrogen-bond acceptors (Lipinski definition) is 4. The fourth-order valence-corrected chi connectivity index (χ4v) is 7.28. The molecule has 3 heterocycles. The average molecular weight is 581 g/mol. The molecule has 0 atom stereocenters. The number of nitrogens with zero attached hydrogens (tertiary/aromatic N) is 4. The minimum Gasteiger partial charge on any atom is -0.309 e. The van der Waals surface area contributed by atoms with Gasteiger partial charge in [-0.2, -0.15) is 0 Å². The first kappa shape index (κ1) is 24.9. The molecule has 0 spiro atoms.